The molecule has 7 nitrogen and oxygen atoms in total. The molecule has 1 saturated heterocycles. The van der Waals surface area contributed by atoms with Crippen molar-refractivity contribution >= 4 is 33.8 Å². The van der Waals surface area contributed by atoms with E-state index in [4.69, 9.17) is 11.6 Å². The third-order valence-electron chi connectivity index (χ3n) is 3.32. The minimum Gasteiger partial charge on any atom is -0.337 e. The molecule has 0 saturated carbocycles. The Kier molecular flexibility index (Phi) is 5.52. The predicted octanol–water partition coefficient (Wildman–Crippen LogP) is 0.357. The van der Waals surface area contributed by atoms with Crippen LogP contribution in [0.25, 0.3) is 6.08 Å². The molecule has 0 radical (unpaired) electrons. The molecule has 120 valence electrons. The highest BCUT2D eigenvalue weighted by Gasteiger charge is 2.26. The quantitative estimate of drug-likeness (QED) is 0.631. The first kappa shape index (κ1) is 16.9. The topological polar surface area (TPSA) is 82.6 Å². The Labute approximate surface area is 134 Å². The number of rotatable bonds is 4. The van der Waals surface area contributed by atoms with Gasteiger partial charge in [0.1, 0.15) is 5.15 Å². The Balaban J connectivity index is 1.93. The number of nitrogens with zero attached hydrogens (tertiary/aromatic N) is 3. The van der Waals surface area contributed by atoms with E-state index < -0.39 is 10.2 Å². The molecule has 0 aromatic carbocycles. The lowest BCUT2D eigenvalue weighted by molar-refractivity contribution is -0.127. The summed E-state index contributed by atoms with van der Waals surface area (Å²) in [6, 6.07) is 3.40. The Hall–Kier alpha value is -1.48. The van der Waals surface area contributed by atoms with Gasteiger partial charge >= 0.3 is 0 Å². The number of piperazine rings is 1. The summed E-state index contributed by atoms with van der Waals surface area (Å²) in [6.45, 7) is 1.29. The summed E-state index contributed by atoms with van der Waals surface area (Å²) < 4.78 is 26.9. The summed E-state index contributed by atoms with van der Waals surface area (Å²) in [7, 11) is -2.05. The fourth-order valence-corrected chi connectivity index (χ4v) is 3.16. The number of carbonyl (C=O) groups excluding carboxylic acids is 1. The number of amides is 1. The lowest BCUT2D eigenvalue weighted by Gasteiger charge is -2.33. The smallest absolute Gasteiger partial charge is 0.279 e. The van der Waals surface area contributed by atoms with E-state index in [-0.39, 0.29) is 19.0 Å². The molecule has 0 bridgehead atoms. The van der Waals surface area contributed by atoms with Gasteiger partial charge in [-0.05, 0) is 23.8 Å². The number of hydrogen-bond acceptors (Lipinski definition) is 4. The average molecular weight is 345 g/mol. The highest BCUT2D eigenvalue weighted by atomic mass is 35.5. The standard InChI is InChI=1S/C13H17ClN4O3S/c1-15-22(20,21)18-8-6-17(7-9-18)13(19)3-2-11-4-5-16-12(14)10-11/h2-5,10,15H,6-9H2,1H3. The maximum Gasteiger partial charge on any atom is 0.279 e. The molecular formula is C13H17ClN4O3S. The fraction of sp³-hybridized carbons (Fsp3) is 0.385. The van der Waals surface area contributed by atoms with Gasteiger partial charge in [-0.3, -0.25) is 4.79 Å². The van der Waals surface area contributed by atoms with Crippen LogP contribution in [-0.4, -0.2) is 61.7 Å². The van der Waals surface area contributed by atoms with Crippen molar-refractivity contribution in [3.8, 4) is 0 Å². The van der Waals surface area contributed by atoms with Crippen molar-refractivity contribution in [2.24, 2.45) is 0 Å². The van der Waals surface area contributed by atoms with E-state index in [1.807, 2.05) is 0 Å². The van der Waals surface area contributed by atoms with Crippen molar-refractivity contribution in [1.82, 2.24) is 18.9 Å². The third-order valence-corrected chi connectivity index (χ3v) is 5.08. The highest BCUT2D eigenvalue weighted by molar-refractivity contribution is 7.87. The normalized spacial score (nSPS) is 17.1. The van der Waals surface area contributed by atoms with E-state index in [2.05, 4.69) is 9.71 Å². The monoisotopic (exact) mass is 344 g/mol. The second kappa shape index (κ2) is 7.19. The molecule has 2 heterocycles. The molecule has 0 aliphatic carbocycles. The Morgan fingerprint density at radius 1 is 1.36 bits per heavy atom. The maximum atomic E-state index is 12.1. The van der Waals surface area contributed by atoms with Crippen molar-refractivity contribution in [1.29, 1.82) is 0 Å². The molecule has 1 fully saturated rings. The zero-order valence-electron chi connectivity index (χ0n) is 12.1. The fourth-order valence-electron chi connectivity index (χ4n) is 2.07. The van der Waals surface area contributed by atoms with Gasteiger partial charge in [-0.2, -0.15) is 12.7 Å². The zero-order valence-corrected chi connectivity index (χ0v) is 13.6. The molecule has 1 aliphatic heterocycles. The SMILES string of the molecule is CNS(=O)(=O)N1CCN(C(=O)C=Cc2ccnc(Cl)c2)CC1. The summed E-state index contributed by atoms with van der Waals surface area (Å²) in [5.74, 6) is -0.158. The maximum absolute atomic E-state index is 12.1. The van der Waals surface area contributed by atoms with Gasteiger partial charge in [0.25, 0.3) is 10.2 Å². The molecule has 1 N–H and O–H groups in total. The van der Waals surface area contributed by atoms with Crippen LogP contribution in [0.3, 0.4) is 0 Å². The van der Waals surface area contributed by atoms with E-state index in [1.54, 1.807) is 29.3 Å². The summed E-state index contributed by atoms with van der Waals surface area (Å²) in [6.07, 6.45) is 4.67. The molecule has 1 aromatic heterocycles. The van der Waals surface area contributed by atoms with Crippen LogP contribution >= 0.6 is 11.6 Å². The van der Waals surface area contributed by atoms with Crippen LogP contribution in [-0.2, 0) is 15.0 Å². The molecule has 0 unspecified atom stereocenters. The predicted molar refractivity (Wildman–Crippen MR) is 84.4 cm³/mol. The Bertz CT molecular complexity index is 670. The summed E-state index contributed by atoms with van der Waals surface area (Å²) in [5.41, 5.74) is 0.782. The molecule has 0 atom stereocenters. The number of pyridine rings is 1. The van der Waals surface area contributed by atoms with Crippen LogP contribution in [0.2, 0.25) is 5.15 Å². The number of halogens is 1. The molecule has 1 aliphatic rings. The van der Waals surface area contributed by atoms with E-state index >= 15 is 0 Å². The molecule has 9 heteroatoms. The third kappa shape index (κ3) is 4.26. The molecule has 1 aromatic rings. The Morgan fingerprint density at radius 2 is 2.05 bits per heavy atom. The van der Waals surface area contributed by atoms with Crippen molar-refractivity contribution in [3.63, 3.8) is 0 Å². The zero-order chi connectivity index (χ0) is 16.2. The average Bonchev–Trinajstić information content (AvgIpc) is 2.53. The van der Waals surface area contributed by atoms with Crippen molar-refractivity contribution in [2.45, 2.75) is 0 Å². The highest BCUT2D eigenvalue weighted by Crippen LogP contribution is 2.10. The van der Waals surface area contributed by atoms with Gasteiger partial charge in [0.05, 0.1) is 0 Å². The summed E-state index contributed by atoms with van der Waals surface area (Å²) in [4.78, 5) is 17.6. The first-order valence-corrected chi connectivity index (χ1v) is 8.51. The molecule has 1 amide bonds. The van der Waals surface area contributed by atoms with Gasteiger partial charge in [-0.15, -0.1) is 0 Å². The molecular weight excluding hydrogens is 328 g/mol. The molecule has 22 heavy (non-hydrogen) atoms. The second-order valence-corrected chi connectivity index (χ2v) is 6.94. The van der Waals surface area contributed by atoms with Crippen molar-refractivity contribution < 1.29 is 13.2 Å². The van der Waals surface area contributed by atoms with Gasteiger partial charge in [0, 0.05) is 45.5 Å². The first-order chi connectivity index (χ1) is 10.4. The van der Waals surface area contributed by atoms with Gasteiger partial charge in [-0.25, -0.2) is 9.71 Å². The van der Waals surface area contributed by atoms with Crippen LogP contribution < -0.4 is 4.72 Å². The van der Waals surface area contributed by atoms with E-state index in [1.165, 1.54) is 17.4 Å². The summed E-state index contributed by atoms with van der Waals surface area (Å²) in [5, 5.41) is 0.362. The van der Waals surface area contributed by atoms with Crippen LogP contribution in [0.15, 0.2) is 24.4 Å². The van der Waals surface area contributed by atoms with E-state index in [0.29, 0.717) is 18.2 Å². The largest absolute Gasteiger partial charge is 0.337 e. The van der Waals surface area contributed by atoms with Crippen LogP contribution in [0, 0.1) is 0 Å². The second-order valence-electron chi connectivity index (χ2n) is 4.68. The Morgan fingerprint density at radius 3 is 2.64 bits per heavy atom. The number of aromatic nitrogens is 1. The van der Waals surface area contributed by atoms with Crippen molar-refractivity contribution in [3.05, 3.63) is 35.1 Å². The van der Waals surface area contributed by atoms with E-state index in [0.717, 1.165) is 5.56 Å². The van der Waals surface area contributed by atoms with Gasteiger partial charge in [0.2, 0.25) is 5.91 Å². The minimum absolute atomic E-state index is 0.158. The number of nitrogens with one attached hydrogen (secondary N) is 1. The molecule has 0 spiro atoms. The lowest BCUT2D eigenvalue weighted by atomic mass is 10.2. The van der Waals surface area contributed by atoms with Crippen LogP contribution in [0.5, 0.6) is 0 Å². The number of carbonyl (C=O) groups is 1. The summed E-state index contributed by atoms with van der Waals surface area (Å²) >= 11 is 5.77. The van der Waals surface area contributed by atoms with Crippen LogP contribution in [0.1, 0.15) is 5.56 Å². The first-order valence-electron chi connectivity index (χ1n) is 6.69. The molecule has 2 rings (SSSR count). The van der Waals surface area contributed by atoms with Gasteiger partial charge in [0.15, 0.2) is 0 Å². The van der Waals surface area contributed by atoms with Gasteiger partial charge < -0.3 is 4.90 Å². The van der Waals surface area contributed by atoms with E-state index in [9.17, 15) is 13.2 Å². The number of hydrogen-bond donors (Lipinski definition) is 1. The lowest BCUT2D eigenvalue weighted by Crippen LogP contribution is -2.52. The minimum atomic E-state index is -3.42. The van der Waals surface area contributed by atoms with Gasteiger partial charge in [-0.1, -0.05) is 11.6 Å². The van der Waals surface area contributed by atoms with Crippen LogP contribution in [0.4, 0.5) is 0 Å². The van der Waals surface area contributed by atoms with Crippen molar-refractivity contribution in [2.75, 3.05) is 33.2 Å².